The molecular formula is C17H18F3NO3S. The molecule has 2 aromatic rings. The highest BCUT2D eigenvalue weighted by atomic mass is 32.2. The third kappa shape index (κ3) is 4.45. The molecule has 4 nitrogen and oxygen atoms in total. The van der Waals surface area contributed by atoms with Crippen LogP contribution in [0, 0.1) is 0 Å². The molecule has 0 spiro atoms. The van der Waals surface area contributed by atoms with E-state index in [-0.39, 0.29) is 16.5 Å². The Morgan fingerprint density at radius 1 is 1.08 bits per heavy atom. The fourth-order valence-electron chi connectivity index (χ4n) is 2.30. The lowest BCUT2D eigenvalue weighted by Crippen LogP contribution is -2.14. The van der Waals surface area contributed by atoms with Crippen molar-refractivity contribution in [3.05, 3.63) is 53.6 Å². The minimum absolute atomic E-state index is 0.0126. The minimum atomic E-state index is -4.55. The van der Waals surface area contributed by atoms with Gasteiger partial charge in [-0.1, -0.05) is 19.9 Å². The minimum Gasteiger partial charge on any atom is -0.496 e. The van der Waals surface area contributed by atoms with Gasteiger partial charge >= 0.3 is 6.18 Å². The number of rotatable bonds is 5. The third-order valence-corrected chi connectivity index (χ3v) is 4.95. The van der Waals surface area contributed by atoms with Crippen molar-refractivity contribution >= 4 is 15.7 Å². The molecule has 1 N–H and O–H groups in total. The van der Waals surface area contributed by atoms with E-state index in [0.717, 1.165) is 18.2 Å². The van der Waals surface area contributed by atoms with Gasteiger partial charge in [0.15, 0.2) is 0 Å². The molecule has 2 aromatic carbocycles. The Balaban J connectivity index is 2.39. The topological polar surface area (TPSA) is 55.4 Å². The predicted molar refractivity (Wildman–Crippen MR) is 89.3 cm³/mol. The van der Waals surface area contributed by atoms with Gasteiger partial charge in [-0.2, -0.15) is 13.2 Å². The largest absolute Gasteiger partial charge is 0.496 e. The lowest BCUT2D eigenvalue weighted by molar-refractivity contribution is -0.137. The van der Waals surface area contributed by atoms with Crippen molar-refractivity contribution < 1.29 is 26.3 Å². The highest BCUT2D eigenvalue weighted by Gasteiger charge is 2.30. The SMILES string of the molecule is COc1ccc(S(=O)(=O)Nc2cccc(C(F)(F)F)c2)cc1C(C)C. The molecule has 2 rings (SSSR count). The number of halogens is 3. The Kier molecular flexibility index (Phi) is 5.31. The van der Waals surface area contributed by atoms with Crippen molar-refractivity contribution in [2.75, 3.05) is 11.8 Å². The summed E-state index contributed by atoms with van der Waals surface area (Å²) in [6.45, 7) is 3.77. The molecule has 0 amide bonds. The number of methoxy groups -OCH3 is 1. The summed E-state index contributed by atoms with van der Waals surface area (Å²) in [5, 5.41) is 0. The lowest BCUT2D eigenvalue weighted by Gasteiger charge is -2.15. The number of hydrogen-bond donors (Lipinski definition) is 1. The molecule has 0 aliphatic carbocycles. The van der Waals surface area contributed by atoms with E-state index in [0.29, 0.717) is 11.3 Å². The van der Waals surface area contributed by atoms with E-state index in [2.05, 4.69) is 4.72 Å². The van der Waals surface area contributed by atoms with Crippen LogP contribution in [0.4, 0.5) is 18.9 Å². The maximum Gasteiger partial charge on any atom is 0.416 e. The first-order chi connectivity index (χ1) is 11.5. The van der Waals surface area contributed by atoms with Crippen LogP contribution in [0.1, 0.15) is 30.9 Å². The van der Waals surface area contributed by atoms with Gasteiger partial charge in [0.25, 0.3) is 10.0 Å². The summed E-state index contributed by atoms with van der Waals surface area (Å²) in [6.07, 6.45) is -4.55. The van der Waals surface area contributed by atoms with Crippen LogP contribution in [-0.4, -0.2) is 15.5 Å². The van der Waals surface area contributed by atoms with Gasteiger partial charge in [-0.3, -0.25) is 4.72 Å². The van der Waals surface area contributed by atoms with E-state index < -0.39 is 21.8 Å². The summed E-state index contributed by atoms with van der Waals surface area (Å²) >= 11 is 0. The summed E-state index contributed by atoms with van der Waals surface area (Å²) in [6, 6.07) is 8.37. The summed E-state index contributed by atoms with van der Waals surface area (Å²) < 4.78 is 70.7. The van der Waals surface area contributed by atoms with Crippen molar-refractivity contribution in [1.82, 2.24) is 0 Å². The number of benzene rings is 2. The lowest BCUT2D eigenvalue weighted by atomic mass is 10.0. The molecule has 0 fully saturated rings. The molecule has 0 heterocycles. The summed E-state index contributed by atoms with van der Waals surface area (Å²) in [7, 11) is -2.55. The van der Waals surface area contributed by atoms with Gasteiger partial charge in [0.1, 0.15) is 5.75 Å². The van der Waals surface area contributed by atoms with Crippen molar-refractivity contribution in [2.24, 2.45) is 0 Å². The summed E-state index contributed by atoms with van der Waals surface area (Å²) in [5.74, 6) is 0.562. The first kappa shape index (κ1) is 19.1. The second kappa shape index (κ2) is 6.95. The predicted octanol–water partition coefficient (Wildman–Crippen LogP) is 4.64. The Morgan fingerprint density at radius 2 is 1.76 bits per heavy atom. The number of anilines is 1. The smallest absolute Gasteiger partial charge is 0.416 e. The Bertz CT molecular complexity index is 862. The van der Waals surface area contributed by atoms with E-state index in [1.807, 2.05) is 13.8 Å². The molecule has 0 aliphatic rings. The van der Waals surface area contributed by atoms with Crippen molar-refractivity contribution in [2.45, 2.75) is 30.8 Å². The molecule has 0 radical (unpaired) electrons. The van der Waals surface area contributed by atoms with Crippen molar-refractivity contribution in [1.29, 1.82) is 0 Å². The molecule has 0 aromatic heterocycles. The number of nitrogens with one attached hydrogen (secondary N) is 1. The molecule has 0 bridgehead atoms. The van der Waals surface area contributed by atoms with Crippen LogP contribution in [0.15, 0.2) is 47.4 Å². The van der Waals surface area contributed by atoms with Gasteiger partial charge in [0, 0.05) is 5.69 Å². The number of sulfonamides is 1. The fourth-order valence-corrected chi connectivity index (χ4v) is 3.39. The highest BCUT2D eigenvalue weighted by Crippen LogP contribution is 2.32. The normalized spacial score (nSPS) is 12.3. The fraction of sp³-hybridized carbons (Fsp3) is 0.294. The van der Waals surface area contributed by atoms with Crippen LogP contribution in [-0.2, 0) is 16.2 Å². The zero-order valence-corrected chi connectivity index (χ0v) is 14.7. The molecule has 8 heteroatoms. The van der Waals surface area contributed by atoms with E-state index in [1.165, 1.54) is 31.4 Å². The second-order valence-electron chi connectivity index (χ2n) is 5.74. The van der Waals surface area contributed by atoms with Crippen LogP contribution in [0.2, 0.25) is 0 Å². The maximum absolute atomic E-state index is 12.8. The standard InChI is InChI=1S/C17H18F3NO3S/c1-11(2)15-10-14(7-8-16(15)24-3)25(22,23)21-13-6-4-5-12(9-13)17(18,19)20/h4-11,21H,1-3H3. The van der Waals surface area contributed by atoms with Gasteiger partial charge < -0.3 is 4.74 Å². The first-order valence-electron chi connectivity index (χ1n) is 7.42. The second-order valence-corrected chi connectivity index (χ2v) is 7.42. The highest BCUT2D eigenvalue weighted by molar-refractivity contribution is 7.92. The van der Waals surface area contributed by atoms with E-state index in [4.69, 9.17) is 4.74 Å². The average Bonchev–Trinajstić information content (AvgIpc) is 2.53. The maximum atomic E-state index is 12.8. The molecule has 0 unspecified atom stereocenters. The van der Waals surface area contributed by atoms with Crippen LogP contribution in [0.25, 0.3) is 0 Å². The number of alkyl halides is 3. The molecule has 0 aliphatic heterocycles. The molecule has 25 heavy (non-hydrogen) atoms. The van der Waals surface area contributed by atoms with Crippen LogP contribution < -0.4 is 9.46 Å². The van der Waals surface area contributed by atoms with Gasteiger partial charge in [0.2, 0.25) is 0 Å². The molecular weight excluding hydrogens is 355 g/mol. The summed E-state index contributed by atoms with van der Waals surface area (Å²) in [4.78, 5) is -0.0468. The Labute approximate surface area is 144 Å². The van der Waals surface area contributed by atoms with E-state index in [1.54, 1.807) is 0 Å². The first-order valence-corrected chi connectivity index (χ1v) is 8.91. The quantitative estimate of drug-likeness (QED) is 0.831. The van der Waals surface area contributed by atoms with Gasteiger partial charge in [-0.25, -0.2) is 8.42 Å². The van der Waals surface area contributed by atoms with Crippen LogP contribution in [0.3, 0.4) is 0 Å². The number of ether oxygens (including phenoxy) is 1. The number of hydrogen-bond acceptors (Lipinski definition) is 3. The zero-order chi connectivity index (χ0) is 18.8. The Morgan fingerprint density at radius 3 is 2.32 bits per heavy atom. The summed E-state index contributed by atoms with van der Waals surface area (Å²) in [5.41, 5.74) is -0.392. The monoisotopic (exact) mass is 373 g/mol. The zero-order valence-electron chi connectivity index (χ0n) is 13.9. The van der Waals surface area contributed by atoms with E-state index in [9.17, 15) is 21.6 Å². The van der Waals surface area contributed by atoms with Crippen molar-refractivity contribution in [3.63, 3.8) is 0 Å². The van der Waals surface area contributed by atoms with Gasteiger partial charge in [-0.15, -0.1) is 0 Å². The van der Waals surface area contributed by atoms with Crippen molar-refractivity contribution in [3.8, 4) is 5.75 Å². The van der Waals surface area contributed by atoms with E-state index >= 15 is 0 Å². The van der Waals surface area contributed by atoms with Gasteiger partial charge in [-0.05, 0) is 47.9 Å². The molecule has 0 saturated carbocycles. The third-order valence-electron chi connectivity index (χ3n) is 3.58. The van der Waals surface area contributed by atoms with Gasteiger partial charge in [0.05, 0.1) is 17.6 Å². The van der Waals surface area contributed by atoms with Crippen LogP contribution in [0.5, 0.6) is 5.75 Å². The molecule has 0 saturated heterocycles. The molecule has 0 atom stereocenters. The van der Waals surface area contributed by atoms with Crippen LogP contribution >= 0.6 is 0 Å². The molecule has 136 valence electrons. The average molecular weight is 373 g/mol. The Hall–Kier alpha value is -2.22.